The summed E-state index contributed by atoms with van der Waals surface area (Å²) in [6.07, 6.45) is 1.10. The molecule has 0 aliphatic rings. The van der Waals surface area contributed by atoms with Gasteiger partial charge in [-0.05, 0) is 59.2 Å². The first kappa shape index (κ1) is 13.3. The Morgan fingerprint density at radius 2 is 2.11 bits per heavy atom. The van der Waals surface area contributed by atoms with Gasteiger partial charge in [0.25, 0.3) is 0 Å². The molecule has 1 heterocycles. The number of furan rings is 1. The summed E-state index contributed by atoms with van der Waals surface area (Å²) in [5.41, 5.74) is 0.866. The number of nitrogens with one attached hydrogen (secondary N) is 1. The molecule has 0 aliphatic carbocycles. The van der Waals surface area contributed by atoms with Gasteiger partial charge in [-0.2, -0.15) is 0 Å². The van der Waals surface area contributed by atoms with E-state index in [1.54, 1.807) is 12.1 Å². The Bertz CT molecular complexity index is 524. The van der Waals surface area contributed by atoms with E-state index < -0.39 is 0 Å². The van der Waals surface area contributed by atoms with Crippen molar-refractivity contribution < 1.29 is 8.81 Å². The molecule has 1 aromatic carbocycles. The van der Waals surface area contributed by atoms with E-state index in [4.69, 9.17) is 4.42 Å². The topological polar surface area (TPSA) is 25.2 Å². The minimum Gasteiger partial charge on any atom is -0.460 e. The molecule has 0 aliphatic heterocycles. The van der Waals surface area contributed by atoms with E-state index in [2.05, 4.69) is 28.2 Å². The van der Waals surface area contributed by atoms with Crippen molar-refractivity contribution in [3.05, 3.63) is 46.4 Å². The molecular formula is C14H15BrFNO. The van der Waals surface area contributed by atoms with Gasteiger partial charge in [0.1, 0.15) is 17.3 Å². The van der Waals surface area contributed by atoms with Crippen LogP contribution in [0.1, 0.15) is 19.1 Å². The average molecular weight is 312 g/mol. The second-order valence-electron chi connectivity index (χ2n) is 4.07. The highest BCUT2D eigenvalue weighted by Crippen LogP contribution is 2.26. The van der Waals surface area contributed by atoms with E-state index in [1.165, 1.54) is 6.07 Å². The van der Waals surface area contributed by atoms with Crippen molar-refractivity contribution in [1.82, 2.24) is 5.32 Å². The maximum atomic E-state index is 13.1. The predicted molar refractivity (Wildman–Crippen MR) is 73.8 cm³/mol. The molecule has 0 fully saturated rings. The Balaban J connectivity index is 2.11. The SMILES string of the molecule is CCCNCc1ccc(-c2ccc(F)c(Br)c2)o1. The highest BCUT2D eigenvalue weighted by molar-refractivity contribution is 9.10. The lowest BCUT2D eigenvalue weighted by atomic mass is 10.2. The summed E-state index contributed by atoms with van der Waals surface area (Å²) < 4.78 is 19.3. The molecule has 0 spiro atoms. The summed E-state index contributed by atoms with van der Waals surface area (Å²) in [5, 5.41) is 3.27. The van der Waals surface area contributed by atoms with Crippen LogP contribution in [-0.2, 0) is 6.54 Å². The first-order chi connectivity index (χ1) is 8.70. The van der Waals surface area contributed by atoms with Crippen LogP contribution in [0, 0.1) is 5.82 Å². The highest BCUT2D eigenvalue weighted by Gasteiger charge is 2.07. The lowest BCUT2D eigenvalue weighted by Gasteiger charge is -2.01. The quantitative estimate of drug-likeness (QED) is 0.831. The Labute approximate surface area is 114 Å². The fourth-order valence-corrected chi connectivity index (χ4v) is 2.04. The normalized spacial score (nSPS) is 10.8. The van der Waals surface area contributed by atoms with Crippen LogP contribution < -0.4 is 5.32 Å². The smallest absolute Gasteiger partial charge is 0.137 e. The summed E-state index contributed by atoms with van der Waals surface area (Å²) in [7, 11) is 0. The Morgan fingerprint density at radius 3 is 2.83 bits per heavy atom. The number of hydrogen-bond acceptors (Lipinski definition) is 2. The molecule has 1 N–H and O–H groups in total. The standard InChI is InChI=1S/C14H15BrFNO/c1-2-7-17-9-11-4-6-14(18-11)10-3-5-13(16)12(15)8-10/h3-6,8,17H,2,7,9H2,1H3. The third kappa shape index (κ3) is 3.21. The molecule has 18 heavy (non-hydrogen) atoms. The lowest BCUT2D eigenvalue weighted by molar-refractivity contribution is 0.493. The summed E-state index contributed by atoms with van der Waals surface area (Å²) in [5.74, 6) is 1.37. The molecule has 2 rings (SSSR count). The van der Waals surface area contributed by atoms with Gasteiger partial charge in [0.2, 0.25) is 0 Å². The van der Waals surface area contributed by atoms with Crippen LogP contribution >= 0.6 is 15.9 Å². The van der Waals surface area contributed by atoms with Gasteiger partial charge in [-0.3, -0.25) is 0 Å². The number of rotatable bonds is 5. The molecular weight excluding hydrogens is 297 g/mol. The van der Waals surface area contributed by atoms with Crippen LogP contribution in [0.25, 0.3) is 11.3 Å². The summed E-state index contributed by atoms with van der Waals surface area (Å²) in [4.78, 5) is 0. The monoisotopic (exact) mass is 311 g/mol. The Morgan fingerprint density at radius 1 is 1.28 bits per heavy atom. The maximum Gasteiger partial charge on any atom is 0.137 e. The van der Waals surface area contributed by atoms with Crippen molar-refractivity contribution in [3.63, 3.8) is 0 Å². The van der Waals surface area contributed by atoms with Crippen LogP contribution in [0.2, 0.25) is 0 Å². The predicted octanol–water partition coefficient (Wildman–Crippen LogP) is 4.35. The van der Waals surface area contributed by atoms with Gasteiger partial charge in [0, 0.05) is 5.56 Å². The van der Waals surface area contributed by atoms with Crippen molar-refractivity contribution in [3.8, 4) is 11.3 Å². The van der Waals surface area contributed by atoms with Gasteiger partial charge in [-0.15, -0.1) is 0 Å². The molecule has 0 unspecified atom stereocenters. The van der Waals surface area contributed by atoms with Crippen LogP contribution in [-0.4, -0.2) is 6.54 Å². The van der Waals surface area contributed by atoms with Crippen molar-refractivity contribution in [1.29, 1.82) is 0 Å². The first-order valence-electron chi connectivity index (χ1n) is 5.95. The zero-order chi connectivity index (χ0) is 13.0. The van der Waals surface area contributed by atoms with Gasteiger partial charge >= 0.3 is 0 Å². The zero-order valence-electron chi connectivity index (χ0n) is 10.2. The fourth-order valence-electron chi connectivity index (χ4n) is 1.67. The van der Waals surface area contributed by atoms with Gasteiger partial charge in [0.15, 0.2) is 0 Å². The molecule has 2 aromatic rings. The molecule has 2 nitrogen and oxygen atoms in total. The third-order valence-electron chi connectivity index (χ3n) is 2.59. The molecule has 96 valence electrons. The van der Waals surface area contributed by atoms with Crippen molar-refractivity contribution in [2.24, 2.45) is 0 Å². The number of hydrogen-bond donors (Lipinski definition) is 1. The first-order valence-corrected chi connectivity index (χ1v) is 6.75. The van der Waals surface area contributed by atoms with E-state index in [-0.39, 0.29) is 5.82 Å². The van der Waals surface area contributed by atoms with Crippen molar-refractivity contribution in [2.45, 2.75) is 19.9 Å². The van der Waals surface area contributed by atoms with E-state index in [0.29, 0.717) is 4.47 Å². The molecule has 1 aromatic heterocycles. The second-order valence-corrected chi connectivity index (χ2v) is 4.93. The van der Waals surface area contributed by atoms with Crippen LogP contribution in [0.5, 0.6) is 0 Å². The lowest BCUT2D eigenvalue weighted by Crippen LogP contribution is -2.12. The summed E-state index contributed by atoms with van der Waals surface area (Å²) >= 11 is 3.17. The van der Waals surface area contributed by atoms with E-state index in [9.17, 15) is 4.39 Å². The molecule has 0 radical (unpaired) electrons. The average Bonchev–Trinajstić information content (AvgIpc) is 2.82. The molecule has 0 amide bonds. The van der Waals surface area contributed by atoms with Gasteiger partial charge in [0.05, 0.1) is 11.0 Å². The van der Waals surface area contributed by atoms with Crippen LogP contribution in [0.4, 0.5) is 4.39 Å². The molecule has 0 saturated heterocycles. The van der Waals surface area contributed by atoms with Crippen LogP contribution in [0.3, 0.4) is 0 Å². The number of halogens is 2. The van der Waals surface area contributed by atoms with Gasteiger partial charge < -0.3 is 9.73 Å². The zero-order valence-corrected chi connectivity index (χ0v) is 11.8. The van der Waals surface area contributed by atoms with Crippen molar-refractivity contribution >= 4 is 15.9 Å². The minimum atomic E-state index is -0.268. The van der Waals surface area contributed by atoms with Gasteiger partial charge in [-0.1, -0.05) is 6.92 Å². The van der Waals surface area contributed by atoms with Crippen molar-refractivity contribution in [2.75, 3.05) is 6.54 Å². The van der Waals surface area contributed by atoms with E-state index in [0.717, 1.165) is 36.6 Å². The van der Waals surface area contributed by atoms with Crippen LogP contribution in [0.15, 0.2) is 39.2 Å². The largest absolute Gasteiger partial charge is 0.460 e. The second kappa shape index (κ2) is 6.16. The Hall–Kier alpha value is -1.13. The summed E-state index contributed by atoms with van der Waals surface area (Å²) in [6.45, 7) is 3.81. The minimum absolute atomic E-state index is 0.268. The molecule has 4 heteroatoms. The Kier molecular flexibility index (Phi) is 4.55. The molecule has 0 bridgehead atoms. The maximum absolute atomic E-state index is 13.1. The van der Waals surface area contributed by atoms with E-state index >= 15 is 0 Å². The highest BCUT2D eigenvalue weighted by atomic mass is 79.9. The molecule has 0 saturated carbocycles. The fraction of sp³-hybridized carbons (Fsp3) is 0.286. The molecule has 0 atom stereocenters. The third-order valence-corrected chi connectivity index (χ3v) is 3.20. The number of benzene rings is 1. The van der Waals surface area contributed by atoms with E-state index in [1.807, 2.05) is 12.1 Å². The van der Waals surface area contributed by atoms with Gasteiger partial charge in [-0.25, -0.2) is 4.39 Å². The summed E-state index contributed by atoms with van der Waals surface area (Å²) in [6, 6.07) is 8.70.